The fraction of sp³-hybridized carbons (Fsp3) is 0.636. The van der Waals surface area contributed by atoms with E-state index >= 15 is 0 Å². The molecule has 162 valence electrons. The van der Waals surface area contributed by atoms with Gasteiger partial charge in [-0.25, -0.2) is 4.98 Å². The summed E-state index contributed by atoms with van der Waals surface area (Å²) in [4.78, 5) is 23.6. The van der Waals surface area contributed by atoms with E-state index in [0.717, 1.165) is 32.1 Å². The highest BCUT2D eigenvalue weighted by molar-refractivity contribution is 5.55. The van der Waals surface area contributed by atoms with Gasteiger partial charge < -0.3 is 19.3 Å². The van der Waals surface area contributed by atoms with Crippen molar-refractivity contribution in [2.45, 2.75) is 52.1 Å². The van der Waals surface area contributed by atoms with E-state index in [1.807, 2.05) is 39.0 Å². The lowest BCUT2D eigenvalue weighted by molar-refractivity contribution is 0.122. The lowest BCUT2D eigenvalue weighted by Gasteiger charge is -2.28. The van der Waals surface area contributed by atoms with Crippen molar-refractivity contribution in [3.63, 3.8) is 0 Å². The van der Waals surface area contributed by atoms with Gasteiger partial charge in [0.05, 0.1) is 13.2 Å². The third kappa shape index (κ3) is 5.36. The second-order valence-electron chi connectivity index (χ2n) is 8.84. The van der Waals surface area contributed by atoms with Crippen molar-refractivity contribution in [1.29, 1.82) is 0 Å². The number of nitrogens with zero attached hydrogens (tertiary/aromatic N) is 6. The minimum atomic E-state index is -0.319. The van der Waals surface area contributed by atoms with Gasteiger partial charge in [0.2, 0.25) is 17.8 Å². The van der Waals surface area contributed by atoms with Crippen molar-refractivity contribution in [2.75, 3.05) is 49.2 Å². The van der Waals surface area contributed by atoms with Crippen LogP contribution in [0.25, 0.3) is 11.5 Å². The maximum absolute atomic E-state index is 5.95. The highest BCUT2D eigenvalue weighted by atomic mass is 16.5. The SMILES string of the molecule is CC(C)(C)Oc1cccc(-c2nc(N3CCCCCC3)nc(N3CCOCC3)n2)n1. The van der Waals surface area contributed by atoms with Gasteiger partial charge in [0, 0.05) is 32.2 Å². The van der Waals surface area contributed by atoms with Crippen molar-refractivity contribution in [2.24, 2.45) is 0 Å². The molecule has 4 rings (SSSR count). The smallest absolute Gasteiger partial charge is 0.230 e. The Morgan fingerprint density at radius 3 is 2.07 bits per heavy atom. The van der Waals surface area contributed by atoms with Crippen molar-refractivity contribution in [3.05, 3.63) is 18.2 Å². The maximum Gasteiger partial charge on any atom is 0.230 e. The highest BCUT2D eigenvalue weighted by Crippen LogP contribution is 2.25. The second kappa shape index (κ2) is 9.12. The van der Waals surface area contributed by atoms with E-state index < -0.39 is 0 Å². The van der Waals surface area contributed by atoms with Gasteiger partial charge >= 0.3 is 0 Å². The Kier molecular flexibility index (Phi) is 6.32. The van der Waals surface area contributed by atoms with Crippen molar-refractivity contribution in [3.8, 4) is 17.4 Å². The predicted octanol–water partition coefficient (Wildman–Crippen LogP) is 3.33. The number of anilines is 2. The number of hydrogen-bond acceptors (Lipinski definition) is 8. The first kappa shape index (κ1) is 20.8. The maximum atomic E-state index is 5.95. The number of rotatable bonds is 4. The van der Waals surface area contributed by atoms with Gasteiger partial charge in [0.1, 0.15) is 11.3 Å². The van der Waals surface area contributed by atoms with Gasteiger partial charge in [-0.1, -0.05) is 18.9 Å². The van der Waals surface area contributed by atoms with Crippen molar-refractivity contribution >= 4 is 11.9 Å². The van der Waals surface area contributed by atoms with Crippen LogP contribution in [0.2, 0.25) is 0 Å². The van der Waals surface area contributed by atoms with E-state index in [1.54, 1.807) is 0 Å². The zero-order chi connectivity index (χ0) is 21.0. The monoisotopic (exact) mass is 412 g/mol. The summed E-state index contributed by atoms with van der Waals surface area (Å²) < 4.78 is 11.5. The zero-order valence-electron chi connectivity index (χ0n) is 18.3. The summed E-state index contributed by atoms with van der Waals surface area (Å²) in [6, 6.07) is 5.74. The van der Waals surface area contributed by atoms with Gasteiger partial charge in [-0.15, -0.1) is 0 Å². The molecule has 0 atom stereocenters. The van der Waals surface area contributed by atoms with E-state index in [0.29, 0.717) is 36.6 Å². The van der Waals surface area contributed by atoms with Gasteiger partial charge in [0.25, 0.3) is 0 Å². The van der Waals surface area contributed by atoms with Crippen LogP contribution in [-0.4, -0.2) is 64.9 Å². The van der Waals surface area contributed by atoms with Crippen LogP contribution >= 0.6 is 0 Å². The number of aromatic nitrogens is 4. The van der Waals surface area contributed by atoms with Crippen LogP contribution in [0.5, 0.6) is 5.88 Å². The summed E-state index contributed by atoms with van der Waals surface area (Å²) in [6.07, 6.45) is 4.86. The Bertz CT molecular complexity index is 840. The molecule has 0 aliphatic carbocycles. The summed E-state index contributed by atoms with van der Waals surface area (Å²) >= 11 is 0. The molecule has 0 spiro atoms. The van der Waals surface area contributed by atoms with Gasteiger partial charge in [0.15, 0.2) is 5.82 Å². The third-order valence-corrected chi connectivity index (χ3v) is 5.16. The van der Waals surface area contributed by atoms with Crippen LogP contribution in [0, 0.1) is 0 Å². The minimum Gasteiger partial charge on any atom is -0.472 e. The minimum absolute atomic E-state index is 0.319. The fourth-order valence-corrected chi connectivity index (χ4v) is 3.70. The topological polar surface area (TPSA) is 76.5 Å². The van der Waals surface area contributed by atoms with Crippen LogP contribution in [0.4, 0.5) is 11.9 Å². The molecule has 2 saturated heterocycles. The molecule has 0 saturated carbocycles. The van der Waals surface area contributed by atoms with E-state index in [-0.39, 0.29) is 5.60 Å². The Balaban J connectivity index is 1.70. The number of ether oxygens (including phenoxy) is 2. The summed E-state index contributed by atoms with van der Waals surface area (Å²) in [6.45, 7) is 10.9. The standard InChI is InChI=1S/C22H32N6O2/c1-22(2,3)30-18-10-8-9-17(23-18)19-24-20(27-11-6-4-5-7-12-27)26-21(25-19)28-13-15-29-16-14-28/h8-10H,4-7,11-16H2,1-3H3. The summed E-state index contributed by atoms with van der Waals surface area (Å²) in [5.74, 6) is 2.61. The molecule has 8 nitrogen and oxygen atoms in total. The summed E-state index contributed by atoms with van der Waals surface area (Å²) in [5, 5.41) is 0. The highest BCUT2D eigenvalue weighted by Gasteiger charge is 2.21. The first-order chi connectivity index (χ1) is 14.5. The van der Waals surface area contributed by atoms with Crippen LogP contribution in [-0.2, 0) is 4.74 Å². The average Bonchev–Trinajstić information content (AvgIpc) is 3.03. The largest absolute Gasteiger partial charge is 0.472 e. The van der Waals surface area contributed by atoms with Crippen LogP contribution < -0.4 is 14.5 Å². The predicted molar refractivity (Wildman–Crippen MR) is 117 cm³/mol. The molecule has 0 unspecified atom stereocenters. The Morgan fingerprint density at radius 2 is 1.43 bits per heavy atom. The molecule has 2 aromatic heterocycles. The quantitative estimate of drug-likeness (QED) is 0.757. The van der Waals surface area contributed by atoms with Crippen molar-refractivity contribution < 1.29 is 9.47 Å². The zero-order valence-corrected chi connectivity index (χ0v) is 18.3. The lowest BCUT2D eigenvalue weighted by Crippen LogP contribution is -2.38. The lowest BCUT2D eigenvalue weighted by atomic mass is 10.2. The summed E-state index contributed by atoms with van der Waals surface area (Å²) in [7, 11) is 0. The molecule has 0 radical (unpaired) electrons. The molecule has 8 heteroatoms. The molecule has 2 aromatic rings. The van der Waals surface area contributed by atoms with Crippen LogP contribution in [0.3, 0.4) is 0 Å². The van der Waals surface area contributed by atoms with E-state index in [1.165, 1.54) is 25.7 Å². The van der Waals surface area contributed by atoms with Crippen LogP contribution in [0.15, 0.2) is 18.2 Å². The van der Waals surface area contributed by atoms with E-state index in [9.17, 15) is 0 Å². The molecule has 0 N–H and O–H groups in total. The van der Waals surface area contributed by atoms with Crippen LogP contribution in [0.1, 0.15) is 46.5 Å². The second-order valence-corrected chi connectivity index (χ2v) is 8.84. The first-order valence-corrected chi connectivity index (χ1v) is 11.0. The Labute approximate surface area is 178 Å². The van der Waals surface area contributed by atoms with Crippen molar-refractivity contribution in [1.82, 2.24) is 19.9 Å². The Hall–Kier alpha value is -2.48. The molecule has 4 heterocycles. The summed E-state index contributed by atoms with van der Waals surface area (Å²) in [5.41, 5.74) is 0.380. The molecule has 2 aliphatic rings. The molecular formula is C22H32N6O2. The molecular weight excluding hydrogens is 380 g/mol. The molecule has 0 amide bonds. The molecule has 0 bridgehead atoms. The van der Waals surface area contributed by atoms with E-state index in [2.05, 4.69) is 14.8 Å². The fourth-order valence-electron chi connectivity index (χ4n) is 3.70. The molecule has 2 aliphatic heterocycles. The molecule has 30 heavy (non-hydrogen) atoms. The molecule has 2 fully saturated rings. The average molecular weight is 413 g/mol. The first-order valence-electron chi connectivity index (χ1n) is 11.0. The number of morpholine rings is 1. The normalized spacial score (nSPS) is 18.2. The van der Waals surface area contributed by atoms with Gasteiger partial charge in [-0.3, -0.25) is 0 Å². The Morgan fingerprint density at radius 1 is 0.800 bits per heavy atom. The van der Waals surface area contributed by atoms with Gasteiger partial charge in [-0.05, 0) is 39.7 Å². The van der Waals surface area contributed by atoms with E-state index in [4.69, 9.17) is 24.4 Å². The van der Waals surface area contributed by atoms with Gasteiger partial charge in [-0.2, -0.15) is 15.0 Å². The third-order valence-electron chi connectivity index (χ3n) is 5.16. The number of hydrogen-bond donors (Lipinski definition) is 0. The molecule has 0 aromatic carbocycles. The number of pyridine rings is 1.